The molecule has 0 spiro atoms. The molecule has 0 aliphatic rings. The maximum absolute atomic E-state index is 12.4. The number of rotatable bonds is 6. The molecule has 0 aliphatic heterocycles. The van der Waals surface area contributed by atoms with Crippen molar-refractivity contribution in [2.75, 3.05) is 5.32 Å². The Kier molecular flexibility index (Phi) is 7.41. The lowest BCUT2D eigenvalue weighted by Gasteiger charge is -2.14. The number of aryl methyl sites for hydroxylation is 2. The third-order valence-electron chi connectivity index (χ3n) is 4.54. The minimum Gasteiger partial charge on any atom is -0.481 e. The number of anilines is 1. The molecule has 1 atom stereocenters. The second kappa shape index (κ2) is 10.4. The van der Waals surface area contributed by atoms with Gasteiger partial charge in [-0.15, -0.1) is 0 Å². The molecule has 31 heavy (non-hydrogen) atoms. The summed E-state index contributed by atoms with van der Waals surface area (Å²) in [6.45, 7) is 3.61. The highest BCUT2D eigenvalue weighted by molar-refractivity contribution is 7.07. The summed E-state index contributed by atoms with van der Waals surface area (Å²) in [6, 6.07) is 16.9. The van der Waals surface area contributed by atoms with Crippen LogP contribution in [0.25, 0.3) is 0 Å². The van der Waals surface area contributed by atoms with E-state index >= 15 is 0 Å². The molecule has 0 saturated carbocycles. The van der Waals surface area contributed by atoms with Crippen LogP contribution in [0.15, 0.2) is 54.6 Å². The molecule has 0 bridgehead atoms. The number of hydrogen-bond acceptors (Lipinski definition) is 5. The number of hydrogen-bond donors (Lipinski definition) is 2. The quantitative estimate of drug-likeness (QED) is 0.522. The van der Waals surface area contributed by atoms with Crippen molar-refractivity contribution in [1.29, 1.82) is 0 Å². The Morgan fingerprint density at radius 1 is 1.13 bits per heavy atom. The summed E-state index contributed by atoms with van der Waals surface area (Å²) in [6.07, 6.45) is -0.374. The number of nitrogens with zero attached hydrogens (tertiary/aromatic N) is 1. The predicted molar refractivity (Wildman–Crippen MR) is 120 cm³/mol. The minimum atomic E-state index is -0.818. The van der Waals surface area contributed by atoms with Gasteiger partial charge in [0.25, 0.3) is 0 Å². The van der Waals surface area contributed by atoms with Crippen LogP contribution in [0.5, 0.6) is 0 Å². The molecule has 6 nitrogen and oxygen atoms in total. The van der Waals surface area contributed by atoms with Gasteiger partial charge in [-0.1, -0.05) is 48.4 Å². The van der Waals surface area contributed by atoms with Gasteiger partial charge in [-0.05, 0) is 61.0 Å². The van der Waals surface area contributed by atoms with E-state index in [0.29, 0.717) is 22.7 Å². The van der Waals surface area contributed by atoms with Gasteiger partial charge < -0.3 is 9.84 Å². The van der Waals surface area contributed by atoms with Gasteiger partial charge in [0.1, 0.15) is 11.0 Å². The van der Waals surface area contributed by atoms with Gasteiger partial charge in [0.2, 0.25) is 0 Å². The fraction of sp³-hybridized carbons (Fsp3) is 0.208. The summed E-state index contributed by atoms with van der Waals surface area (Å²) in [5.41, 5.74) is 3.85. The Bertz CT molecular complexity index is 1110. The van der Waals surface area contributed by atoms with Crippen LogP contribution in [0, 0.1) is 18.8 Å². The lowest BCUT2D eigenvalue weighted by Crippen LogP contribution is -2.16. The van der Waals surface area contributed by atoms with Gasteiger partial charge >= 0.3 is 12.1 Å². The Hall–Kier alpha value is -3.63. The highest BCUT2D eigenvalue weighted by Crippen LogP contribution is 2.25. The maximum atomic E-state index is 12.4. The van der Waals surface area contributed by atoms with E-state index in [4.69, 9.17) is 9.84 Å². The molecular weight excluding hydrogens is 412 g/mol. The van der Waals surface area contributed by atoms with Gasteiger partial charge in [0, 0.05) is 12.0 Å². The minimum absolute atomic E-state index is 0.0964. The van der Waals surface area contributed by atoms with E-state index in [-0.39, 0.29) is 12.5 Å². The molecule has 0 saturated heterocycles. The summed E-state index contributed by atoms with van der Waals surface area (Å²) >= 11 is 1.21. The van der Waals surface area contributed by atoms with Crippen LogP contribution in [0.3, 0.4) is 0 Å². The Morgan fingerprint density at radius 3 is 2.52 bits per heavy atom. The van der Waals surface area contributed by atoms with Gasteiger partial charge in [0.15, 0.2) is 0 Å². The van der Waals surface area contributed by atoms with Crippen molar-refractivity contribution in [1.82, 2.24) is 4.37 Å². The number of ether oxygens (including phenoxy) is 1. The first kappa shape index (κ1) is 22.1. The molecule has 3 rings (SSSR count). The second-order valence-electron chi connectivity index (χ2n) is 6.90. The number of benzene rings is 2. The van der Waals surface area contributed by atoms with Gasteiger partial charge in [-0.3, -0.25) is 10.1 Å². The van der Waals surface area contributed by atoms with Gasteiger partial charge in [-0.2, -0.15) is 4.37 Å². The molecular formula is C24H22N2O4S. The van der Waals surface area contributed by atoms with Crippen LogP contribution >= 0.6 is 11.5 Å². The largest absolute Gasteiger partial charge is 0.481 e. The molecule has 0 unspecified atom stereocenters. The summed E-state index contributed by atoms with van der Waals surface area (Å²) in [4.78, 5) is 23.7. The zero-order chi connectivity index (χ0) is 22.2. The van der Waals surface area contributed by atoms with E-state index in [1.165, 1.54) is 11.5 Å². The van der Waals surface area contributed by atoms with Crippen LogP contribution in [0.4, 0.5) is 10.5 Å². The number of amides is 1. The van der Waals surface area contributed by atoms with Crippen molar-refractivity contribution in [3.05, 3.63) is 81.9 Å². The topological polar surface area (TPSA) is 88.5 Å². The SMILES string of the molecule is Cc1nsc(C#Cc2ccc(CCC(=O)O)cc2)c1NC(=O)O[C@H](C)c1ccccc1. The standard InChI is InChI=1S/C24H22N2O4S/c1-16-23(25-24(29)30-17(2)20-6-4-3-5-7-20)21(31-26-16)14-12-18-8-10-19(11-9-18)13-15-22(27)28/h3-11,17H,13,15H2,1-2H3,(H,25,29)(H,27,28)/t17-/m1/s1. The molecule has 158 valence electrons. The zero-order valence-electron chi connectivity index (χ0n) is 17.2. The predicted octanol–water partition coefficient (Wildman–Crippen LogP) is 5.18. The molecule has 1 heterocycles. The van der Waals surface area contributed by atoms with Crippen LogP contribution in [0.1, 0.15) is 46.7 Å². The molecule has 2 aromatic carbocycles. The average molecular weight is 435 g/mol. The lowest BCUT2D eigenvalue weighted by molar-refractivity contribution is -0.136. The van der Waals surface area contributed by atoms with Crippen molar-refractivity contribution >= 4 is 29.3 Å². The molecule has 2 N–H and O–H groups in total. The van der Waals surface area contributed by atoms with E-state index in [9.17, 15) is 9.59 Å². The summed E-state index contributed by atoms with van der Waals surface area (Å²) in [7, 11) is 0. The maximum Gasteiger partial charge on any atom is 0.412 e. The van der Waals surface area contributed by atoms with E-state index < -0.39 is 12.1 Å². The molecule has 3 aromatic rings. The fourth-order valence-electron chi connectivity index (χ4n) is 2.82. The van der Waals surface area contributed by atoms with Crippen LogP contribution in [0.2, 0.25) is 0 Å². The molecule has 0 fully saturated rings. The monoisotopic (exact) mass is 434 g/mol. The summed E-state index contributed by atoms with van der Waals surface area (Å²) in [5, 5.41) is 11.5. The first-order chi connectivity index (χ1) is 14.9. The third kappa shape index (κ3) is 6.43. The van der Waals surface area contributed by atoms with Crippen molar-refractivity contribution in [3.63, 3.8) is 0 Å². The number of carbonyl (C=O) groups excluding carboxylic acids is 1. The van der Waals surface area contributed by atoms with E-state index in [2.05, 4.69) is 21.5 Å². The van der Waals surface area contributed by atoms with Crippen LogP contribution in [-0.4, -0.2) is 21.5 Å². The number of aromatic nitrogens is 1. The van der Waals surface area contributed by atoms with Crippen LogP contribution in [-0.2, 0) is 16.0 Å². The molecule has 0 aliphatic carbocycles. The fourth-order valence-corrected chi connectivity index (χ4v) is 3.53. The Labute approximate surface area is 185 Å². The number of carboxylic acids is 1. The first-order valence-corrected chi connectivity index (χ1v) is 10.5. The summed E-state index contributed by atoms with van der Waals surface area (Å²) < 4.78 is 9.76. The normalized spacial score (nSPS) is 11.2. The second-order valence-corrected chi connectivity index (χ2v) is 7.67. The van der Waals surface area contributed by atoms with E-state index in [1.54, 1.807) is 6.92 Å². The highest BCUT2D eigenvalue weighted by Gasteiger charge is 2.16. The number of nitrogens with one attached hydrogen (secondary N) is 1. The molecule has 7 heteroatoms. The van der Waals surface area contributed by atoms with Crippen molar-refractivity contribution in [2.45, 2.75) is 32.8 Å². The first-order valence-electron chi connectivity index (χ1n) is 9.74. The Morgan fingerprint density at radius 2 is 1.84 bits per heavy atom. The molecule has 1 amide bonds. The average Bonchev–Trinajstić information content (AvgIpc) is 3.11. The lowest BCUT2D eigenvalue weighted by atomic mass is 10.1. The van der Waals surface area contributed by atoms with Crippen molar-refractivity contribution < 1.29 is 19.4 Å². The Balaban J connectivity index is 1.66. The van der Waals surface area contributed by atoms with E-state index in [1.807, 2.05) is 61.5 Å². The zero-order valence-corrected chi connectivity index (χ0v) is 18.0. The molecule has 1 aromatic heterocycles. The molecule has 0 radical (unpaired) electrons. The van der Waals surface area contributed by atoms with Crippen molar-refractivity contribution in [2.24, 2.45) is 0 Å². The smallest absolute Gasteiger partial charge is 0.412 e. The van der Waals surface area contributed by atoms with E-state index in [0.717, 1.165) is 16.7 Å². The van der Waals surface area contributed by atoms with Crippen molar-refractivity contribution in [3.8, 4) is 11.8 Å². The third-order valence-corrected chi connectivity index (χ3v) is 5.40. The number of aliphatic carboxylic acids is 1. The van der Waals surface area contributed by atoms with Crippen LogP contribution < -0.4 is 5.32 Å². The number of carboxylic acid groups (broad SMARTS) is 1. The van der Waals surface area contributed by atoms with Gasteiger partial charge in [-0.25, -0.2) is 4.79 Å². The summed E-state index contributed by atoms with van der Waals surface area (Å²) in [5.74, 6) is 5.29. The number of carbonyl (C=O) groups is 2. The highest BCUT2D eigenvalue weighted by atomic mass is 32.1. The van der Waals surface area contributed by atoms with Gasteiger partial charge in [0.05, 0.1) is 11.4 Å².